The van der Waals surface area contributed by atoms with Crippen molar-refractivity contribution in [1.29, 1.82) is 0 Å². The summed E-state index contributed by atoms with van der Waals surface area (Å²) in [4.78, 5) is 39.6. The van der Waals surface area contributed by atoms with Crippen LogP contribution in [0.5, 0.6) is 0 Å². The molecular formula is C30H31N3O3. The second-order valence-electron chi connectivity index (χ2n) is 9.53. The number of aromatic nitrogens is 1. The molecule has 36 heavy (non-hydrogen) atoms. The molecule has 0 spiro atoms. The Hall–Kier alpha value is -4.06. The van der Waals surface area contributed by atoms with Crippen LogP contribution < -0.4 is 10.6 Å². The first-order valence-electron chi connectivity index (χ1n) is 12.2. The number of pyridine rings is 1. The second-order valence-corrected chi connectivity index (χ2v) is 9.53. The number of nitrogens with one attached hydrogen (secondary N) is 2. The van der Waals surface area contributed by atoms with E-state index in [4.69, 9.17) is 0 Å². The lowest BCUT2D eigenvalue weighted by atomic mass is 9.94. The van der Waals surface area contributed by atoms with E-state index in [1.165, 1.54) is 6.20 Å². The molecule has 4 rings (SSSR count). The highest BCUT2D eigenvalue weighted by molar-refractivity contribution is 6.04. The van der Waals surface area contributed by atoms with Crippen LogP contribution in [0.3, 0.4) is 0 Å². The third-order valence-corrected chi connectivity index (χ3v) is 6.69. The molecule has 3 aromatic rings. The molecule has 0 bridgehead atoms. The summed E-state index contributed by atoms with van der Waals surface area (Å²) in [5.74, 6) is 0.0406. The molecule has 6 nitrogen and oxygen atoms in total. The van der Waals surface area contributed by atoms with Crippen molar-refractivity contribution in [3.8, 4) is 11.1 Å². The second kappa shape index (κ2) is 10.7. The number of amides is 1. The molecule has 6 heteroatoms. The van der Waals surface area contributed by atoms with Gasteiger partial charge in [-0.2, -0.15) is 0 Å². The third kappa shape index (κ3) is 5.43. The molecule has 1 atom stereocenters. The first kappa shape index (κ1) is 25.0. The lowest BCUT2D eigenvalue weighted by molar-refractivity contribution is -0.105. The predicted molar refractivity (Wildman–Crippen MR) is 144 cm³/mol. The number of hydrogen-bond donors (Lipinski definition) is 2. The van der Waals surface area contributed by atoms with Gasteiger partial charge in [0.2, 0.25) is 0 Å². The van der Waals surface area contributed by atoms with Crippen LogP contribution in [-0.2, 0) is 4.79 Å². The quantitative estimate of drug-likeness (QED) is 0.264. The molecule has 1 aromatic heterocycles. The van der Waals surface area contributed by atoms with E-state index in [1.807, 2.05) is 44.2 Å². The minimum atomic E-state index is -0.300. The molecular weight excluding hydrogens is 450 g/mol. The van der Waals surface area contributed by atoms with Gasteiger partial charge in [0.05, 0.1) is 0 Å². The molecule has 184 valence electrons. The van der Waals surface area contributed by atoms with Gasteiger partial charge in [0.1, 0.15) is 12.0 Å². The van der Waals surface area contributed by atoms with E-state index in [-0.39, 0.29) is 11.9 Å². The van der Waals surface area contributed by atoms with Crippen LogP contribution in [0.2, 0.25) is 0 Å². The van der Waals surface area contributed by atoms with Crippen LogP contribution in [0.25, 0.3) is 11.1 Å². The SMILES string of the molecule is C=C(C=O)CC(C)Nc1cccc(-c2cccc(NC(=O)c3cc(C4CC4)c(C=O)cn3)c2C)c1C. The summed E-state index contributed by atoms with van der Waals surface area (Å²) in [7, 11) is 0. The standard InChI is InChI=1S/C30H31N3O3/c1-18(16-34)13-19(2)32-27-9-5-7-24(20(27)3)25-8-6-10-28(21(25)4)33-30(36)29-14-26(22-11-12-22)23(17-35)15-31-29/h5-10,14-17,19,22,32H,1,11-13H2,2-4H3,(H,33,36). The van der Waals surface area contributed by atoms with E-state index < -0.39 is 0 Å². The minimum absolute atomic E-state index is 0.0574. The highest BCUT2D eigenvalue weighted by Gasteiger charge is 2.27. The maximum Gasteiger partial charge on any atom is 0.274 e. The van der Waals surface area contributed by atoms with Crippen LogP contribution in [-0.4, -0.2) is 29.5 Å². The Bertz CT molecular complexity index is 1340. The van der Waals surface area contributed by atoms with Crippen molar-refractivity contribution in [2.75, 3.05) is 10.6 Å². The normalized spacial score (nSPS) is 13.5. The molecule has 2 aromatic carbocycles. The maximum atomic E-state index is 13.1. The Morgan fingerprint density at radius 1 is 1.08 bits per heavy atom. The highest BCUT2D eigenvalue weighted by Crippen LogP contribution is 2.41. The monoisotopic (exact) mass is 481 g/mol. The molecule has 1 heterocycles. The molecule has 1 amide bonds. The summed E-state index contributed by atoms with van der Waals surface area (Å²) in [5.41, 5.74) is 8.11. The lowest BCUT2D eigenvalue weighted by Crippen LogP contribution is -2.17. The van der Waals surface area contributed by atoms with Crippen molar-refractivity contribution in [3.05, 3.63) is 88.8 Å². The van der Waals surface area contributed by atoms with E-state index in [9.17, 15) is 14.4 Å². The van der Waals surface area contributed by atoms with Crippen molar-refractivity contribution < 1.29 is 14.4 Å². The van der Waals surface area contributed by atoms with Gasteiger partial charge in [0.25, 0.3) is 5.91 Å². The summed E-state index contributed by atoms with van der Waals surface area (Å²) in [6, 6.07) is 13.7. The van der Waals surface area contributed by atoms with Crippen LogP contribution in [0.4, 0.5) is 11.4 Å². The fourth-order valence-corrected chi connectivity index (χ4v) is 4.54. The summed E-state index contributed by atoms with van der Waals surface area (Å²) in [5, 5.41) is 6.49. The number of benzene rings is 2. The fourth-order valence-electron chi connectivity index (χ4n) is 4.54. The number of nitrogens with zero attached hydrogens (tertiary/aromatic N) is 1. The third-order valence-electron chi connectivity index (χ3n) is 6.69. The number of carbonyl (C=O) groups excluding carboxylic acids is 3. The van der Waals surface area contributed by atoms with Crippen molar-refractivity contribution in [2.24, 2.45) is 0 Å². The van der Waals surface area contributed by atoms with Gasteiger partial charge in [-0.15, -0.1) is 0 Å². The average Bonchev–Trinajstić information content (AvgIpc) is 3.72. The van der Waals surface area contributed by atoms with E-state index in [1.54, 1.807) is 6.07 Å². The van der Waals surface area contributed by atoms with Gasteiger partial charge < -0.3 is 10.6 Å². The number of aldehydes is 2. The number of anilines is 2. The zero-order valence-corrected chi connectivity index (χ0v) is 20.9. The highest BCUT2D eigenvalue weighted by atomic mass is 16.2. The van der Waals surface area contributed by atoms with Gasteiger partial charge in [-0.3, -0.25) is 19.4 Å². The first-order valence-corrected chi connectivity index (χ1v) is 12.2. The number of rotatable bonds is 10. The summed E-state index contributed by atoms with van der Waals surface area (Å²) < 4.78 is 0. The maximum absolute atomic E-state index is 13.1. The summed E-state index contributed by atoms with van der Waals surface area (Å²) in [6.45, 7) is 9.83. The van der Waals surface area contributed by atoms with Crippen molar-refractivity contribution >= 4 is 29.9 Å². The number of hydrogen-bond acceptors (Lipinski definition) is 5. The molecule has 0 radical (unpaired) electrons. The topological polar surface area (TPSA) is 88.2 Å². The number of carbonyl (C=O) groups is 3. The Morgan fingerprint density at radius 2 is 1.72 bits per heavy atom. The van der Waals surface area contributed by atoms with E-state index in [2.05, 4.69) is 35.2 Å². The molecule has 1 unspecified atom stereocenters. The van der Waals surface area contributed by atoms with E-state index in [0.717, 1.165) is 58.9 Å². The Morgan fingerprint density at radius 3 is 2.33 bits per heavy atom. The largest absolute Gasteiger partial charge is 0.382 e. The van der Waals surface area contributed by atoms with Crippen molar-refractivity contribution in [3.63, 3.8) is 0 Å². The molecule has 0 aliphatic heterocycles. The van der Waals surface area contributed by atoms with Crippen LogP contribution in [0.15, 0.2) is 60.8 Å². The molecule has 0 saturated heterocycles. The van der Waals surface area contributed by atoms with Gasteiger partial charge in [0.15, 0.2) is 6.29 Å². The molecule has 1 fully saturated rings. The first-order chi connectivity index (χ1) is 17.3. The Kier molecular flexibility index (Phi) is 7.44. The Labute approximate surface area is 211 Å². The molecule has 1 aliphatic carbocycles. The van der Waals surface area contributed by atoms with E-state index in [0.29, 0.717) is 34.9 Å². The van der Waals surface area contributed by atoms with Crippen LogP contribution >= 0.6 is 0 Å². The molecule has 2 N–H and O–H groups in total. The summed E-state index contributed by atoms with van der Waals surface area (Å²) in [6.07, 6.45) is 5.73. The Balaban J connectivity index is 1.58. The lowest BCUT2D eigenvalue weighted by Gasteiger charge is -2.20. The average molecular weight is 482 g/mol. The predicted octanol–water partition coefficient (Wildman–Crippen LogP) is 6.25. The minimum Gasteiger partial charge on any atom is -0.382 e. The zero-order chi connectivity index (χ0) is 25.8. The summed E-state index contributed by atoms with van der Waals surface area (Å²) >= 11 is 0. The van der Waals surface area contributed by atoms with Gasteiger partial charge in [-0.1, -0.05) is 30.8 Å². The van der Waals surface area contributed by atoms with Gasteiger partial charge in [-0.05, 0) is 97.5 Å². The van der Waals surface area contributed by atoms with Gasteiger partial charge in [0, 0.05) is 29.2 Å². The smallest absolute Gasteiger partial charge is 0.274 e. The zero-order valence-electron chi connectivity index (χ0n) is 20.9. The van der Waals surface area contributed by atoms with Crippen LogP contribution in [0.1, 0.15) is 69.6 Å². The van der Waals surface area contributed by atoms with Crippen LogP contribution in [0, 0.1) is 13.8 Å². The van der Waals surface area contributed by atoms with Gasteiger partial charge >= 0.3 is 0 Å². The fraction of sp³-hybridized carbons (Fsp3) is 0.267. The molecule has 1 aliphatic rings. The van der Waals surface area contributed by atoms with Crippen molar-refractivity contribution in [1.82, 2.24) is 4.98 Å². The van der Waals surface area contributed by atoms with Crippen molar-refractivity contribution in [2.45, 2.75) is 52.0 Å². The van der Waals surface area contributed by atoms with E-state index >= 15 is 0 Å². The van der Waals surface area contributed by atoms with Gasteiger partial charge in [-0.25, -0.2) is 0 Å². The molecule has 1 saturated carbocycles.